The Morgan fingerprint density at radius 2 is 1.90 bits per heavy atom. The van der Waals surface area contributed by atoms with Gasteiger partial charge in [-0.3, -0.25) is 19.4 Å². The average Bonchev–Trinajstić information content (AvgIpc) is 3.03. The molecule has 1 atom stereocenters. The van der Waals surface area contributed by atoms with Crippen LogP contribution in [-0.4, -0.2) is 69.2 Å². The lowest BCUT2D eigenvalue weighted by Crippen LogP contribution is -2.49. The highest BCUT2D eigenvalue weighted by atomic mass is 19.1. The molecule has 29 heavy (non-hydrogen) atoms. The van der Waals surface area contributed by atoms with E-state index in [0.29, 0.717) is 55.6 Å². The van der Waals surface area contributed by atoms with Gasteiger partial charge < -0.3 is 14.8 Å². The Morgan fingerprint density at radius 3 is 2.52 bits per heavy atom. The van der Waals surface area contributed by atoms with Crippen LogP contribution in [0.3, 0.4) is 0 Å². The molecule has 0 saturated carbocycles. The summed E-state index contributed by atoms with van der Waals surface area (Å²) in [7, 11) is 0. The third-order valence-electron chi connectivity index (χ3n) is 5.28. The monoisotopic (exact) mass is 402 g/mol. The number of halogens is 1. The van der Waals surface area contributed by atoms with Crippen molar-refractivity contribution in [2.45, 2.75) is 25.4 Å². The van der Waals surface area contributed by atoms with Crippen LogP contribution in [0.25, 0.3) is 10.9 Å². The summed E-state index contributed by atoms with van der Waals surface area (Å²) in [5.74, 6) is -2.44. The molecule has 1 aromatic heterocycles. The minimum atomic E-state index is -1.00. The predicted molar refractivity (Wildman–Crippen MR) is 103 cm³/mol. The summed E-state index contributed by atoms with van der Waals surface area (Å²) >= 11 is 0. The molecule has 0 aliphatic carbocycles. The zero-order valence-electron chi connectivity index (χ0n) is 15.9. The standard InChI is InChI=1S/C20H23FN4O4/c21-14-2-3-15-16(13-25(17(15)12-14)7-4-18(26)27)19(20(28)29)24-10-8-23(9-11-24)6-1-5-22/h2-3,12-13,19H,1,4,6-11H2,(H,26,27)(H,28,29)/t19-/m1/s1. The largest absolute Gasteiger partial charge is 0.481 e. The van der Waals surface area contributed by atoms with Crippen LogP contribution < -0.4 is 0 Å². The van der Waals surface area contributed by atoms with Gasteiger partial charge >= 0.3 is 11.9 Å². The first-order valence-electron chi connectivity index (χ1n) is 9.47. The lowest BCUT2D eigenvalue weighted by molar-refractivity contribution is -0.144. The second-order valence-electron chi connectivity index (χ2n) is 7.11. The van der Waals surface area contributed by atoms with Gasteiger partial charge in [-0.2, -0.15) is 5.26 Å². The number of carboxylic acid groups (broad SMARTS) is 2. The number of benzene rings is 1. The van der Waals surface area contributed by atoms with Crippen molar-refractivity contribution in [1.82, 2.24) is 14.4 Å². The summed E-state index contributed by atoms with van der Waals surface area (Å²) in [6.45, 7) is 3.19. The van der Waals surface area contributed by atoms with Crippen LogP contribution in [0, 0.1) is 17.1 Å². The minimum Gasteiger partial charge on any atom is -0.481 e. The highest BCUT2D eigenvalue weighted by molar-refractivity contribution is 5.90. The summed E-state index contributed by atoms with van der Waals surface area (Å²) < 4.78 is 15.4. The molecule has 0 spiro atoms. The van der Waals surface area contributed by atoms with Crippen LogP contribution in [-0.2, 0) is 16.1 Å². The zero-order valence-corrected chi connectivity index (χ0v) is 15.9. The first-order chi connectivity index (χ1) is 13.9. The van der Waals surface area contributed by atoms with E-state index in [1.54, 1.807) is 16.8 Å². The Kier molecular flexibility index (Phi) is 6.46. The molecule has 2 aromatic rings. The summed E-state index contributed by atoms with van der Waals surface area (Å²) in [4.78, 5) is 27.1. The number of aromatic nitrogens is 1. The van der Waals surface area contributed by atoms with Crippen LogP contribution in [0.5, 0.6) is 0 Å². The number of rotatable bonds is 8. The molecular formula is C20H23FN4O4. The lowest BCUT2D eigenvalue weighted by atomic mass is 10.0. The van der Waals surface area contributed by atoms with Gasteiger partial charge in [0.05, 0.1) is 18.0 Å². The van der Waals surface area contributed by atoms with Gasteiger partial charge in [-0.05, 0) is 18.2 Å². The Bertz CT molecular complexity index is 944. The zero-order chi connectivity index (χ0) is 21.0. The fraction of sp³-hybridized carbons (Fsp3) is 0.450. The van der Waals surface area contributed by atoms with E-state index in [1.807, 2.05) is 4.90 Å². The van der Waals surface area contributed by atoms with Crippen molar-refractivity contribution >= 4 is 22.8 Å². The third-order valence-corrected chi connectivity index (χ3v) is 5.28. The Morgan fingerprint density at radius 1 is 1.17 bits per heavy atom. The summed E-state index contributed by atoms with van der Waals surface area (Å²) in [5.41, 5.74) is 1.02. The number of hydrogen-bond acceptors (Lipinski definition) is 5. The second-order valence-corrected chi connectivity index (χ2v) is 7.11. The molecule has 0 amide bonds. The molecule has 8 nitrogen and oxygen atoms in total. The van der Waals surface area contributed by atoms with Gasteiger partial charge in [0.15, 0.2) is 0 Å². The molecule has 154 valence electrons. The maximum Gasteiger partial charge on any atom is 0.325 e. The molecule has 9 heteroatoms. The minimum absolute atomic E-state index is 0.129. The molecule has 0 bridgehead atoms. The number of aliphatic carboxylic acids is 2. The second kappa shape index (κ2) is 9.03. The van der Waals surface area contributed by atoms with Crippen molar-refractivity contribution in [2.75, 3.05) is 32.7 Å². The van der Waals surface area contributed by atoms with Crippen LogP contribution in [0.4, 0.5) is 4.39 Å². The maximum absolute atomic E-state index is 13.8. The van der Waals surface area contributed by atoms with E-state index >= 15 is 0 Å². The maximum atomic E-state index is 13.8. The third kappa shape index (κ3) is 4.72. The van der Waals surface area contributed by atoms with Crippen LogP contribution in [0.1, 0.15) is 24.4 Å². The number of piperazine rings is 1. The summed E-state index contributed by atoms with van der Waals surface area (Å²) in [6.07, 6.45) is 1.92. The fourth-order valence-corrected chi connectivity index (χ4v) is 3.85. The molecule has 0 unspecified atom stereocenters. The number of nitrogens with zero attached hydrogens (tertiary/aromatic N) is 4. The molecule has 1 fully saturated rings. The predicted octanol–water partition coefficient (Wildman–Crippen LogP) is 1.91. The fourth-order valence-electron chi connectivity index (χ4n) is 3.85. The van der Waals surface area contributed by atoms with Gasteiger partial charge in [0, 0.05) is 62.8 Å². The van der Waals surface area contributed by atoms with Crippen molar-refractivity contribution in [3.8, 4) is 6.07 Å². The van der Waals surface area contributed by atoms with Gasteiger partial charge in [0.1, 0.15) is 11.9 Å². The molecule has 0 radical (unpaired) electrons. The van der Waals surface area contributed by atoms with Crippen molar-refractivity contribution in [3.05, 3.63) is 35.8 Å². The smallest absolute Gasteiger partial charge is 0.325 e. The van der Waals surface area contributed by atoms with E-state index in [2.05, 4.69) is 11.0 Å². The number of nitriles is 1. The van der Waals surface area contributed by atoms with Gasteiger partial charge in [-0.15, -0.1) is 0 Å². The van der Waals surface area contributed by atoms with Crippen molar-refractivity contribution in [1.29, 1.82) is 5.26 Å². The molecule has 3 rings (SSSR count). The lowest BCUT2D eigenvalue weighted by Gasteiger charge is -2.37. The number of hydrogen-bond donors (Lipinski definition) is 2. The molecule has 1 aliphatic rings. The average molecular weight is 402 g/mol. The number of aryl methyl sites for hydroxylation is 1. The van der Waals surface area contributed by atoms with Gasteiger partial charge in [0.25, 0.3) is 0 Å². The van der Waals surface area contributed by atoms with E-state index in [1.165, 1.54) is 12.1 Å². The first kappa shape index (κ1) is 20.8. The quantitative estimate of drug-likeness (QED) is 0.694. The van der Waals surface area contributed by atoms with Crippen molar-refractivity contribution in [3.63, 3.8) is 0 Å². The van der Waals surface area contributed by atoms with Crippen molar-refractivity contribution < 1.29 is 24.2 Å². The van der Waals surface area contributed by atoms with Gasteiger partial charge in [-0.25, -0.2) is 4.39 Å². The van der Waals surface area contributed by atoms with Gasteiger partial charge in [0.2, 0.25) is 0 Å². The highest BCUT2D eigenvalue weighted by Gasteiger charge is 2.32. The topological polar surface area (TPSA) is 110 Å². The normalized spacial score (nSPS) is 16.6. The highest BCUT2D eigenvalue weighted by Crippen LogP contribution is 2.32. The van der Waals surface area contributed by atoms with E-state index < -0.39 is 23.8 Å². The number of fused-ring (bicyclic) bond motifs is 1. The molecule has 1 aliphatic heterocycles. The first-order valence-corrected chi connectivity index (χ1v) is 9.47. The van der Waals surface area contributed by atoms with E-state index in [4.69, 9.17) is 10.4 Å². The number of carbonyl (C=O) groups is 2. The molecular weight excluding hydrogens is 379 g/mol. The Labute approximate surface area is 167 Å². The van der Waals surface area contributed by atoms with Crippen LogP contribution in [0.2, 0.25) is 0 Å². The van der Waals surface area contributed by atoms with Gasteiger partial charge in [-0.1, -0.05) is 0 Å². The summed E-state index contributed by atoms with van der Waals surface area (Å²) in [5, 5.41) is 28.3. The molecule has 2 N–H and O–H groups in total. The Balaban J connectivity index is 1.90. The molecule has 1 saturated heterocycles. The van der Waals surface area contributed by atoms with Crippen LogP contribution >= 0.6 is 0 Å². The molecule has 2 heterocycles. The van der Waals surface area contributed by atoms with Crippen molar-refractivity contribution in [2.24, 2.45) is 0 Å². The number of carboxylic acids is 2. The van der Waals surface area contributed by atoms with E-state index in [0.717, 1.165) is 0 Å². The Hall–Kier alpha value is -2.96. The SMILES string of the molecule is N#CCCN1CCN([C@@H](C(=O)O)c2cn(CCC(=O)O)c3cc(F)ccc23)CC1. The van der Waals surface area contributed by atoms with E-state index in [9.17, 15) is 19.1 Å². The molecule has 1 aromatic carbocycles. The summed E-state index contributed by atoms with van der Waals surface area (Å²) in [6, 6.07) is 5.35. The van der Waals surface area contributed by atoms with E-state index in [-0.39, 0.29) is 13.0 Å². The van der Waals surface area contributed by atoms with Crippen LogP contribution in [0.15, 0.2) is 24.4 Å².